The Morgan fingerprint density at radius 1 is 1.00 bits per heavy atom. The van der Waals surface area contributed by atoms with Crippen LogP contribution in [-0.4, -0.2) is 17.2 Å². The molecule has 3 aromatic rings. The minimum absolute atomic E-state index is 0.226. The standard InChI is InChI=1S/C16H13ClFN3/c1-21(10-11-6-2-5-9-14(11)18)16-13-8-4-3-7-12(13)15(17)19-20-16/h2-9H,10H2,1H3. The molecule has 2 aromatic carbocycles. The van der Waals surface area contributed by atoms with Gasteiger partial charge in [0.2, 0.25) is 0 Å². The molecule has 0 atom stereocenters. The van der Waals surface area contributed by atoms with Crippen LogP contribution in [0.1, 0.15) is 5.56 Å². The third-order valence-corrected chi connectivity index (χ3v) is 3.63. The lowest BCUT2D eigenvalue weighted by Crippen LogP contribution is -2.19. The summed E-state index contributed by atoms with van der Waals surface area (Å²) >= 11 is 6.07. The summed E-state index contributed by atoms with van der Waals surface area (Å²) in [5.41, 5.74) is 0.612. The first-order chi connectivity index (χ1) is 10.2. The maximum atomic E-state index is 13.8. The van der Waals surface area contributed by atoms with Gasteiger partial charge in [-0.1, -0.05) is 54.1 Å². The molecule has 106 valence electrons. The first-order valence-electron chi connectivity index (χ1n) is 6.52. The summed E-state index contributed by atoms with van der Waals surface area (Å²) in [6, 6.07) is 14.4. The maximum absolute atomic E-state index is 13.8. The van der Waals surface area contributed by atoms with Crippen molar-refractivity contribution in [2.24, 2.45) is 0 Å². The van der Waals surface area contributed by atoms with Gasteiger partial charge in [-0.15, -0.1) is 10.2 Å². The van der Waals surface area contributed by atoms with Crippen molar-refractivity contribution in [3.63, 3.8) is 0 Å². The molecule has 0 N–H and O–H groups in total. The Morgan fingerprint density at radius 3 is 2.43 bits per heavy atom. The van der Waals surface area contributed by atoms with Crippen LogP contribution in [-0.2, 0) is 6.54 Å². The molecular formula is C16H13ClFN3. The molecule has 0 saturated heterocycles. The van der Waals surface area contributed by atoms with E-state index < -0.39 is 0 Å². The van der Waals surface area contributed by atoms with Gasteiger partial charge < -0.3 is 4.90 Å². The summed E-state index contributed by atoms with van der Waals surface area (Å²) in [6.45, 7) is 0.410. The second-order valence-electron chi connectivity index (χ2n) is 4.81. The summed E-state index contributed by atoms with van der Waals surface area (Å²) in [4.78, 5) is 1.87. The molecule has 0 amide bonds. The lowest BCUT2D eigenvalue weighted by molar-refractivity contribution is 0.607. The Kier molecular flexibility index (Phi) is 3.71. The van der Waals surface area contributed by atoms with Gasteiger partial charge in [-0.3, -0.25) is 0 Å². The molecule has 3 nitrogen and oxygen atoms in total. The molecular weight excluding hydrogens is 289 g/mol. The molecule has 5 heteroatoms. The molecule has 0 spiro atoms. The lowest BCUT2D eigenvalue weighted by atomic mass is 10.1. The highest BCUT2D eigenvalue weighted by Gasteiger charge is 2.13. The van der Waals surface area contributed by atoms with Crippen LogP contribution < -0.4 is 4.90 Å². The van der Waals surface area contributed by atoms with Gasteiger partial charge in [-0.25, -0.2) is 4.39 Å². The van der Waals surface area contributed by atoms with E-state index in [-0.39, 0.29) is 5.82 Å². The molecule has 1 aromatic heterocycles. The number of nitrogens with zero attached hydrogens (tertiary/aromatic N) is 3. The van der Waals surface area contributed by atoms with Crippen LogP contribution in [0.5, 0.6) is 0 Å². The van der Waals surface area contributed by atoms with E-state index in [0.29, 0.717) is 23.1 Å². The van der Waals surface area contributed by atoms with Crippen LogP contribution in [0.3, 0.4) is 0 Å². The van der Waals surface area contributed by atoms with Crippen molar-refractivity contribution in [2.45, 2.75) is 6.54 Å². The number of halogens is 2. The Balaban J connectivity index is 2.01. The first kappa shape index (κ1) is 13.8. The van der Waals surface area contributed by atoms with Crippen molar-refractivity contribution in [1.82, 2.24) is 10.2 Å². The SMILES string of the molecule is CN(Cc1ccccc1F)c1nnc(Cl)c2ccccc12. The van der Waals surface area contributed by atoms with Gasteiger partial charge in [0.1, 0.15) is 5.82 Å². The molecule has 0 aliphatic rings. The molecule has 1 heterocycles. The highest BCUT2D eigenvalue weighted by Crippen LogP contribution is 2.28. The topological polar surface area (TPSA) is 29.0 Å². The molecule has 0 unspecified atom stereocenters. The molecule has 0 saturated carbocycles. The van der Waals surface area contributed by atoms with Crippen molar-refractivity contribution in [2.75, 3.05) is 11.9 Å². The van der Waals surface area contributed by atoms with Crippen molar-refractivity contribution in [1.29, 1.82) is 0 Å². The number of fused-ring (bicyclic) bond motifs is 1. The van der Waals surface area contributed by atoms with Gasteiger partial charge in [-0.05, 0) is 6.07 Å². The lowest BCUT2D eigenvalue weighted by Gasteiger charge is -2.19. The number of hydrogen-bond acceptors (Lipinski definition) is 3. The summed E-state index contributed by atoms with van der Waals surface area (Å²) < 4.78 is 13.8. The zero-order valence-corrected chi connectivity index (χ0v) is 12.2. The Morgan fingerprint density at radius 2 is 1.67 bits per heavy atom. The third-order valence-electron chi connectivity index (χ3n) is 3.35. The summed E-state index contributed by atoms with van der Waals surface area (Å²) in [6.07, 6.45) is 0. The van der Waals surface area contributed by atoms with Crippen LogP contribution in [0.2, 0.25) is 5.15 Å². The van der Waals surface area contributed by atoms with Gasteiger partial charge in [0.15, 0.2) is 11.0 Å². The molecule has 0 bridgehead atoms. The number of benzene rings is 2. The predicted molar refractivity (Wildman–Crippen MR) is 83.1 cm³/mol. The van der Waals surface area contributed by atoms with E-state index in [0.717, 1.165) is 10.8 Å². The van der Waals surface area contributed by atoms with Crippen LogP contribution in [0.25, 0.3) is 10.8 Å². The number of rotatable bonds is 3. The van der Waals surface area contributed by atoms with Gasteiger partial charge in [0.05, 0.1) is 0 Å². The van der Waals surface area contributed by atoms with Crippen molar-refractivity contribution < 1.29 is 4.39 Å². The zero-order valence-electron chi connectivity index (χ0n) is 11.4. The highest BCUT2D eigenvalue weighted by atomic mass is 35.5. The second-order valence-corrected chi connectivity index (χ2v) is 5.17. The van der Waals surface area contributed by atoms with Crippen molar-refractivity contribution >= 4 is 28.2 Å². The quantitative estimate of drug-likeness (QED) is 0.730. The van der Waals surface area contributed by atoms with Crippen LogP contribution in [0, 0.1) is 5.82 Å². The molecule has 0 fully saturated rings. The van der Waals surface area contributed by atoms with E-state index in [2.05, 4.69) is 10.2 Å². The van der Waals surface area contributed by atoms with E-state index in [1.165, 1.54) is 6.07 Å². The number of hydrogen-bond donors (Lipinski definition) is 0. The average Bonchev–Trinajstić information content (AvgIpc) is 2.50. The van der Waals surface area contributed by atoms with Gasteiger partial charge >= 0.3 is 0 Å². The van der Waals surface area contributed by atoms with Gasteiger partial charge in [0, 0.05) is 29.9 Å². The molecule has 0 aliphatic heterocycles. The third kappa shape index (κ3) is 2.67. The Labute approximate surface area is 127 Å². The minimum atomic E-state index is -0.226. The average molecular weight is 302 g/mol. The highest BCUT2D eigenvalue weighted by molar-refractivity contribution is 6.34. The normalized spacial score (nSPS) is 10.8. The fourth-order valence-corrected chi connectivity index (χ4v) is 2.50. The maximum Gasteiger partial charge on any atom is 0.159 e. The number of aromatic nitrogens is 2. The fourth-order valence-electron chi connectivity index (χ4n) is 2.30. The largest absolute Gasteiger partial charge is 0.353 e. The molecule has 3 rings (SSSR count). The molecule has 0 radical (unpaired) electrons. The Hall–Kier alpha value is -2.20. The fraction of sp³-hybridized carbons (Fsp3) is 0.125. The van der Waals surface area contributed by atoms with Gasteiger partial charge in [0.25, 0.3) is 0 Å². The van der Waals surface area contributed by atoms with Gasteiger partial charge in [-0.2, -0.15) is 0 Å². The smallest absolute Gasteiger partial charge is 0.159 e. The first-order valence-corrected chi connectivity index (χ1v) is 6.90. The molecule has 0 aliphatic carbocycles. The van der Waals surface area contributed by atoms with E-state index in [1.54, 1.807) is 12.1 Å². The second kappa shape index (κ2) is 5.66. The van der Waals surface area contributed by atoms with Crippen molar-refractivity contribution in [3.8, 4) is 0 Å². The van der Waals surface area contributed by atoms with Crippen LogP contribution in [0.4, 0.5) is 10.2 Å². The van der Waals surface area contributed by atoms with Crippen LogP contribution >= 0.6 is 11.6 Å². The summed E-state index contributed by atoms with van der Waals surface area (Å²) in [5, 5.41) is 10.2. The van der Waals surface area contributed by atoms with E-state index >= 15 is 0 Å². The monoisotopic (exact) mass is 301 g/mol. The Bertz CT molecular complexity index is 791. The predicted octanol–water partition coefficient (Wildman–Crippen LogP) is 4.06. The van der Waals surface area contributed by atoms with Crippen LogP contribution in [0.15, 0.2) is 48.5 Å². The summed E-state index contributed by atoms with van der Waals surface area (Å²) in [7, 11) is 1.86. The van der Waals surface area contributed by atoms with E-state index in [1.807, 2.05) is 42.3 Å². The summed E-state index contributed by atoms with van der Waals surface area (Å²) in [5.74, 6) is 0.453. The molecule has 21 heavy (non-hydrogen) atoms. The van der Waals surface area contributed by atoms with E-state index in [9.17, 15) is 4.39 Å². The van der Waals surface area contributed by atoms with E-state index in [4.69, 9.17) is 11.6 Å². The zero-order chi connectivity index (χ0) is 14.8. The minimum Gasteiger partial charge on any atom is -0.353 e. The number of anilines is 1. The van der Waals surface area contributed by atoms with Crippen molar-refractivity contribution in [3.05, 3.63) is 65.1 Å².